The van der Waals surface area contributed by atoms with Crippen LogP contribution in [-0.2, 0) is 11.3 Å². The van der Waals surface area contributed by atoms with E-state index in [4.69, 9.17) is 22.1 Å². The Morgan fingerprint density at radius 3 is 2.95 bits per heavy atom. The van der Waals surface area contributed by atoms with E-state index in [1.807, 2.05) is 0 Å². The van der Waals surface area contributed by atoms with E-state index in [1.54, 1.807) is 6.07 Å². The summed E-state index contributed by atoms with van der Waals surface area (Å²) in [6.45, 7) is 0.806. The molecular weight excluding hydrogens is 268 g/mol. The van der Waals surface area contributed by atoms with Crippen molar-refractivity contribution in [1.82, 2.24) is 0 Å². The second-order valence-electron chi connectivity index (χ2n) is 4.81. The Balaban J connectivity index is 2.06. The Hall–Kier alpha value is -1.17. The van der Waals surface area contributed by atoms with Crippen LogP contribution in [0.25, 0.3) is 0 Å². The molecule has 0 aliphatic heterocycles. The lowest BCUT2D eigenvalue weighted by Gasteiger charge is -2.18. The molecule has 2 N–H and O–H groups in total. The Morgan fingerprint density at radius 1 is 1.47 bits per heavy atom. The third-order valence-electron chi connectivity index (χ3n) is 3.58. The maximum absolute atomic E-state index is 10.9. The quantitative estimate of drug-likeness (QED) is 0.666. The van der Waals surface area contributed by atoms with Gasteiger partial charge in [0.2, 0.25) is 0 Å². The number of nitro groups is 1. The summed E-state index contributed by atoms with van der Waals surface area (Å²) < 4.78 is 5.80. The lowest BCUT2D eigenvalue weighted by atomic mass is 10.1. The molecular formula is C13H17ClN2O3. The fourth-order valence-electron chi connectivity index (χ4n) is 2.54. The lowest BCUT2D eigenvalue weighted by Crippen LogP contribution is -2.25. The zero-order valence-electron chi connectivity index (χ0n) is 10.5. The van der Waals surface area contributed by atoms with Crippen molar-refractivity contribution in [3.8, 4) is 0 Å². The van der Waals surface area contributed by atoms with Crippen molar-refractivity contribution < 1.29 is 9.66 Å². The van der Waals surface area contributed by atoms with Crippen LogP contribution in [0.4, 0.5) is 5.69 Å². The average Bonchev–Trinajstić information content (AvgIpc) is 2.83. The van der Waals surface area contributed by atoms with Crippen molar-refractivity contribution in [1.29, 1.82) is 0 Å². The molecule has 0 spiro atoms. The van der Waals surface area contributed by atoms with Crippen LogP contribution < -0.4 is 5.73 Å². The number of benzene rings is 1. The van der Waals surface area contributed by atoms with Crippen molar-refractivity contribution >= 4 is 17.3 Å². The molecule has 1 aromatic rings. The molecule has 0 radical (unpaired) electrons. The first-order chi connectivity index (χ1) is 9.11. The molecule has 1 aromatic carbocycles. The molecule has 0 saturated heterocycles. The van der Waals surface area contributed by atoms with Crippen LogP contribution in [0.1, 0.15) is 24.8 Å². The maximum atomic E-state index is 10.9. The summed E-state index contributed by atoms with van der Waals surface area (Å²) >= 11 is 5.87. The summed E-state index contributed by atoms with van der Waals surface area (Å²) in [7, 11) is 0. The highest BCUT2D eigenvalue weighted by Crippen LogP contribution is 2.30. The van der Waals surface area contributed by atoms with Gasteiger partial charge in [0.15, 0.2) is 0 Å². The zero-order valence-corrected chi connectivity index (χ0v) is 11.3. The van der Waals surface area contributed by atoms with Crippen LogP contribution in [-0.4, -0.2) is 17.6 Å². The number of rotatable bonds is 5. The Morgan fingerprint density at radius 2 is 2.26 bits per heavy atom. The summed E-state index contributed by atoms with van der Waals surface area (Å²) in [5, 5.41) is 11.4. The van der Waals surface area contributed by atoms with Gasteiger partial charge in [0, 0.05) is 11.1 Å². The van der Waals surface area contributed by atoms with E-state index in [0.29, 0.717) is 23.0 Å². The van der Waals surface area contributed by atoms with Gasteiger partial charge in [0.25, 0.3) is 5.69 Å². The Bertz CT molecular complexity index is 467. The van der Waals surface area contributed by atoms with Gasteiger partial charge in [-0.05, 0) is 37.4 Å². The summed E-state index contributed by atoms with van der Waals surface area (Å²) in [6.07, 6.45) is 3.24. The van der Waals surface area contributed by atoms with Gasteiger partial charge >= 0.3 is 0 Å². The van der Waals surface area contributed by atoms with Crippen LogP contribution >= 0.6 is 11.6 Å². The third kappa shape index (κ3) is 3.43. The molecule has 0 bridgehead atoms. The van der Waals surface area contributed by atoms with Crippen LogP contribution in [0.5, 0.6) is 0 Å². The van der Waals surface area contributed by atoms with E-state index < -0.39 is 4.92 Å². The molecule has 0 heterocycles. The highest BCUT2D eigenvalue weighted by Gasteiger charge is 2.27. The summed E-state index contributed by atoms with van der Waals surface area (Å²) in [5.74, 6) is 0.359. The largest absolute Gasteiger partial charge is 0.373 e. The summed E-state index contributed by atoms with van der Waals surface area (Å²) in [4.78, 5) is 10.5. The fraction of sp³-hybridized carbons (Fsp3) is 0.538. The monoisotopic (exact) mass is 284 g/mol. The first-order valence-corrected chi connectivity index (χ1v) is 6.74. The first kappa shape index (κ1) is 14.2. The highest BCUT2D eigenvalue weighted by molar-refractivity contribution is 6.30. The summed E-state index contributed by atoms with van der Waals surface area (Å²) in [6, 6.07) is 4.52. The number of hydrogen-bond acceptors (Lipinski definition) is 4. The standard InChI is InChI=1S/C13H17ClN2O3/c14-11-4-5-12(16(17)18)10(6-11)8-19-13-3-1-2-9(13)7-15/h4-6,9,13H,1-3,7-8,15H2. The van der Waals surface area contributed by atoms with Gasteiger partial charge in [-0.2, -0.15) is 0 Å². The predicted octanol–water partition coefficient (Wildman–Crippen LogP) is 2.89. The number of nitrogens with zero attached hydrogens (tertiary/aromatic N) is 1. The molecule has 2 atom stereocenters. The van der Waals surface area contributed by atoms with Gasteiger partial charge in [-0.15, -0.1) is 0 Å². The minimum atomic E-state index is -0.413. The van der Waals surface area contributed by atoms with Crippen molar-refractivity contribution in [2.75, 3.05) is 6.54 Å². The minimum absolute atomic E-state index is 0.0479. The molecule has 1 fully saturated rings. The van der Waals surface area contributed by atoms with Crippen molar-refractivity contribution in [2.24, 2.45) is 11.7 Å². The van der Waals surface area contributed by atoms with Gasteiger partial charge in [0.1, 0.15) is 0 Å². The van der Waals surface area contributed by atoms with Gasteiger partial charge < -0.3 is 10.5 Å². The molecule has 2 unspecified atom stereocenters. The van der Waals surface area contributed by atoms with E-state index >= 15 is 0 Å². The molecule has 19 heavy (non-hydrogen) atoms. The Kier molecular flexibility index (Phi) is 4.74. The molecule has 0 amide bonds. The lowest BCUT2D eigenvalue weighted by molar-refractivity contribution is -0.386. The first-order valence-electron chi connectivity index (χ1n) is 6.36. The molecule has 0 aromatic heterocycles. The molecule has 5 nitrogen and oxygen atoms in total. The van der Waals surface area contributed by atoms with Crippen molar-refractivity contribution in [3.63, 3.8) is 0 Å². The molecule has 104 valence electrons. The van der Waals surface area contributed by atoms with Crippen LogP contribution in [0.15, 0.2) is 18.2 Å². The highest BCUT2D eigenvalue weighted by atomic mass is 35.5. The predicted molar refractivity (Wildman–Crippen MR) is 73.1 cm³/mol. The fourth-order valence-corrected chi connectivity index (χ4v) is 2.73. The summed E-state index contributed by atoms with van der Waals surface area (Å²) in [5.41, 5.74) is 6.25. The number of halogens is 1. The second-order valence-corrected chi connectivity index (χ2v) is 5.24. The SMILES string of the molecule is NCC1CCCC1OCc1cc(Cl)ccc1[N+](=O)[O-]. The van der Waals surface area contributed by atoms with Gasteiger partial charge in [-0.25, -0.2) is 0 Å². The third-order valence-corrected chi connectivity index (χ3v) is 3.82. The maximum Gasteiger partial charge on any atom is 0.275 e. The smallest absolute Gasteiger partial charge is 0.275 e. The van der Waals surface area contributed by atoms with Gasteiger partial charge in [-0.1, -0.05) is 18.0 Å². The van der Waals surface area contributed by atoms with Crippen molar-refractivity contribution in [2.45, 2.75) is 32.0 Å². The average molecular weight is 285 g/mol. The van der Waals surface area contributed by atoms with E-state index in [-0.39, 0.29) is 18.4 Å². The van der Waals surface area contributed by atoms with Crippen LogP contribution in [0.3, 0.4) is 0 Å². The number of nitrogens with two attached hydrogens (primary N) is 1. The van der Waals surface area contributed by atoms with E-state index in [9.17, 15) is 10.1 Å². The second kappa shape index (κ2) is 6.32. The molecule has 2 rings (SSSR count). The van der Waals surface area contributed by atoms with Crippen LogP contribution in [0.2, 0.25) is 5.02 Å². The normalized spacial score (nSPS) is 22.6. The number of hydrogen-bond donors (Lipinski definition) is 1. The van der Waals surface area contributed by atoms with E-state index in [0.717, 1.165) is 19.3 Å². The van der Waals surface area contributed by atoms with E-state index in [1.165, 1.54) is 12.1 Å². The topological polar surface area (TPSA) is 78.4 Å². The van der Waals surface area contributed by atoms with E-state index in [2.05, 4.69) is 0 Å². The molecule has 1 aliphatic carbocycles. The van der Waals surface area contributed by atoms with Crippen molar-refractivity contribution in [3.05, 3.63) is 38.9 Å². The molecule has 6 heteroatoms. The molecule has 1 aliphatic rings. The van der Waals surface area contributed by atoms with Gasteiger partial charge in [0.05, 0.1) is 23.2 Å². The molecule has 1 saturated carbocycles. The Labute approximate surface area is 116 Å². The minimum Gasteiger partial charge on any atom is -0.373 e. The van der Waals surface area contributed by atoms with Gasteiger partial charge in [-0.3, -0.25) is 10.1 Å². The van der Waals surface area contributed by atoms with Crippen LogP contribution in [0, 0.1) is 16.0 Å². The zero-order chi connectivity index (χ0) is 13.8. The number of ether oxygens (including phenoxy) is 1. The number of nitro benzene ring substituents is 1.